The third kappa shape index (κ3) is 2.13. The summed E-state index contributed by atoms with van der Waals surface area (Å²) in [7, 11) is 2.04. The lowest BCUT2D eigenvalue weighted by Crippen LogP contribution is -2.46. The smallest absolute Gasteiger partial charge is 0.0629 e. The predicted octanol–water partition coefficient (Wildman–Crippen LogP) is 2.36. The number of aromatic nitrogens is 2. The van der Waals surface area contributed by atoms with E-state index in [1.54, 1.807) is 0 Å². The van der Waals surface area contributed by atoms with Crippen molar-refractivity contribution in [1.82, 2.24) is 15.1 Å². The Hall–Kier alpha value is -0.830. The molecule has 1 aromatic rings. The van der Waals surface area contributed by atoms with Gasteiger partial charge in [-0.3, -0.25) is 4.68 Å². The van der Waals surface area contributed by atoms with Crippen molar-refractivity contribution in [2.75, 3.05) is 6.54 Å². The molecular weight excluding hydrogens is 210 g/mol. The number of hydrogen-bond donors (Lipinski definition) is 1. The van der Waals surface area contributed by atoms with Crippen LogP contribution in [0.4, 0.5) is 0 Å². The highest BCUT2D eigenvalue weighted by molar-refractivity contribution is 5.27. The van der Waals surface area contributed by atoms with E-state index < -0.39 is 0 Å². The van der Waals surface area contributed by atoms with Crippen LogP contribution >= 0.6 is 0 Å². The summed E-state index contributed by atoms with van der Waals surface area (Å²) in [5, 5.41) is 8.28. The molecule has 0 bridgehead atoms. The Bertz CT molecular complexity index is 398. The second-order valence-electron chi connectivity index (χ2n) is 5.79. The fourth-order valence-electron chi connectivity index (χ4n) is 3.07. The van der Waals surface area contributed by atoms with Crippen LogP contribution in [0, 0.1) is 19.8 Å². The van der Waals surface area contributed by atoms with Crippen molar-refractivity contribution in [2.45, 2.75) is 52.5 Å². The zero-order valence-corrected chi connectivity index (χ0v) is 11.8. The molecule has 1 fully saturated rings. The highest BCUT2D eigenvalue weighted by atomic mass is 15.3. The van der Waals surface area contributed by atoms with Gasteiger partial charge in [0.05, 0.1) is 5.69 Å². The molecule has 0 aromatic carbocycles. The Morgan fingerprint density at radius 2 is 2.12 bits per heavy atom. The number of nitrogens with one attached hydrogen (secondary N) is 1. The van der Waals surface area contributed by atoms with Crippen LogP contribution in [0.3, 0.4) is 0 Å². The van der Waals surface area contributed by atoms with E-state index in [-0.39, 0.29) is 0 Å². The van der Waals surface area contributed by atoms with Crippen molar-refractivity contribution in [3.63, 3.8) is 0 Å². The lowest BCUT2D eigenvalue weighted by atomic mass is 9.79. The second-order valence-corrected chi connectivity index (χ2v) is 5.79. The van der Waals surface area contributed by atoms with Gasteiger partial charge < -0.3 is 5.32 Å². The molecule has 17 heavy (non-hydrogen) atoms. The third-order valence-corrected chi connectivity index (χ3v) is 4.53. The van der Waals surface area contributed by atoms with Crippen molar-refractivity contribution in [1.29, 1.82) is 0 Å². The van der Waals surface area contributed by atoms with E-state index in [0.717, 1.165) is 13.0 Å². The molecule has 3 heteroatoms. The average Bonchev–Trinajstić information content (AvgIpc) is 2.81. The summed E-state index contributed by atoms with van der Waals surface area (Å²) in [5.74, 6) is 0.670. The number of hydrogen-bond acceptors (Lipinski definition) is 2. The van der Waals surface area contributed by atoms with Crippen molar-refractivity contribution in [3.8, 4) is 0 Å². The number of aryl methyl sites for hydroxylation is 2. The van der Waals surface area contributed by atoms with Crippen LogP contribution in [0.25, 0.3) is 0 Å². The van der Waals surface area contributed by atoms with Crippen LogP contribution in [0.15, 0.2) is 0 Å². The average molecular weight is 235 g/mol. The van der Waals surface area contributed by atoms with Crippen molar-refractivity contribution in [2.24, 2.45) is 13.0 Å². The normalized spacial score (nSPS) is 24.8. The maximum absolute atomic E-state index is 4.53. The van der Waals surface area contributed by atoms with Crippen LogP contribution in [-0.4, -0.2) is 21.9 Å². The molecule has 0 saturated carbocycles. The topological polar surface area (TPSA) is 29.9 Å². The first-order valence-corrected chi connectivity index (χ1v) is 6.70. The molecule has 1 saturated heterocycles. The van der Waals surface area contributed by atoms with E-state index in [9.17, 15) is 0 Å². The summed E-state index contributed by atoms with van der Waals surface area (Å²) in [4.78, 5) is 0. The molecule has 1 aromatic heterocycles. The predicted molar refractivity (Wildman–Crippen MR) is 71.2 cm³/mol. The van der Waals surface area contributed by atoms with Crippen LogP contribution in [0.2, 0.25) is 0 Å². The van der Waals surface area contributed by atoms with E-state index in [2.05, 4.69) is 38.1 Å². The molecule has 1 atom stereocenters. The first-order chi connectivity index (χ1) is 7.96. The summed E-state index contributed by atoms with van der Waals surface area (Å²) < 4.78 is 2.01. The quantitative estimate of drug-likeness (QED) is 0.871. The fourth-order valence-corrected chi connectivity index (χ4v) is 3.07. The summed E-state index contributed by atoms with van der Waals surface area (Å²) in [6, 6.07) is 0. The molecule has 96 valence electrons. The van der Waals surface area contributed by atoms with Gasteiger partial charge in [0.25, 0.3) is 0 Å². The Balaban J connectivity index is 2.29. The van der Waals surface area contributed by atoms with Gasteiger partial charge in [-0.1, -0.05) is 13.8 Å². The van der Waals surface area contributed by atoms with Gasteiger partial charge in [-0.05, 0) is 51.1 Å². The molecule has 2 heterocycles. The zero-order valence-electron chi connectivity index (χ0n) is 11.8. The molecule has 2 rings (SSSR count). The standard InChI is InChI=1S/C14H25N3/c1-10(2)14(7-6-8-15-14)9-13-11(3)16-17(5)12(13)4/h10,15H,6-9H2,1-5H3. The van der Waals surface area contributed by atoms with Gasteiger partial charge in [0.15, 0.2) is 0 Å². The summed E-state index contributed by atoms with van der Waals surface area (Å²) in [6.07, 6.45) is 3.71. The fraction of sp³-hybridized carbons (Fsp3) is 0.786. The SMILES string of the molecule is Cc1nn(C)c(C)c1CC1(C(C)C)CCCN1. The van der Waals surface area contributed by atoms with Gasteiger partial charge in [-0.15, -0.1) is 0 Å². The number of rotatable bonds is 3. The molecule has 1 aliphatic rings. The molecule has 1 aliphatic heterocycles. The number of nitrogens with zero attached hydrogens (tertiary/aromatic N) is 2. The first kappa shape index (κ1) is 12.6. The Kier molecular flexibility index (Phi) is 3.30. The largest absolute Gasteiger partial charge is 0.311 e. The minimum atomic E-state index is 0.290. The maximum Gasteiger partial charge on any atom is 0.0629 e. The maximum atomic E-state index is 4.53. The Morgan fingerprint density at radius 3 is 2.53 bits per heavy atom. The lowest BCUT2D eigenvalue weighted by Gasteiger charge is -2.34. The molecule has 0 amide bonds. The van der Waals surface area contributed by atoms with Crippen molar-refractivity contribution < 1.29 is 0 Å². The van der Waals surface area contributed by atoms with Crippen LogP contribution in [-0.2, 0) is 13.5 Å². The van der Waals surface area contributed by atoms with Crippen molar-refractivity contribution >= 4 is 0 Å². The molecule has 0 aliphatic carbocycles. The van der Waals surface area contributed by atoms with Crippen LogP contribution < -0.4 is 5.32 Å². The van der Waals surface area contributed by atoms with Gasteiger partial charge in [0.2, 0.25) is 0 Å². The van der Waals surface area contributed by atoms with Crippen molar-refractivity contribution in [3.05, 3.63) is 17.0 Å². The van der Waals surface area contributed by atoms with E-state index >= 15 is 0 Å². The molecular formula is C14H25N3. The second kappa shape index (κ2) is 4.45. The van der Waals surface area contributed by atoms with Gasteiger partial charge in [-0.25, -0.2) is 0 Å². The van der Waals surface area contributed by atoms with Crippen LogP contribution in [0.5, 0.6) is 0 Å². The monoisotopic (exact) mass is 235 g/mol. The molecule has 0 radical (unpaired) electrons. The summed E-state index contributed by atoms with van der Waals surface area (Å²) in [6.45, 7) is 10.1. The van der Waals surface area contributed by atoms with Crippen LogP contribution in [0.1, 0.15) is 43.6 Å². The zero-order chi connectivity index (χ0) is 12.6. The molecule has 3 nitrogen and oxygen atoms in total. The highest BCUT2D eigenvalue weighted by Gasteiger charge is 2.37. The summed E-state index contributed by atoms with van der Waals surface area (Å²) >= 11 is 0. The van der Waals surface area contributed by atoms with Gasteiger partial charge in [-0.2, -0.15) is 5.10 Å². The van der Waals surface area contributed by atoms with Gasteiger partial charge in [0.1, 0.15) is 0 Å². The Labute approximate surface area is 105 Å². The highest BCUT2D eigenvalue weighted by Crippen LogP contribution is 2.32. The molecule has 1 unspecified atom stereocenters. The summed E-state index contributed by atoms with van der Waals surface area (Å²) in [5.41, 5.74) is 4.24. The van der Waals surface area contributed by atoms with Gasteiger partial charge >= 0.3 is 0 Å². The van der Waals surface area contributed by atoms with E-state index in [1.807, 2.05) is 11.7 Å². The van der Waals surface area contributed by atoms with Gasteiger partial charge in [0, 0.05) is 18.3 Å². The Morgan fingerprint density at radius 1 is 1.41 bits per heavy atom. The lowest BCUT2D eigenvalue weighted by molar-refractivity contribution is 0.268. The third-order valence-electron chi connectivity index (χ3n) is 4.53. The molecule has 0 spiro atoms. The van der Waals surface area contributed by atoms with E-state index in [0.29, 0.717) is 11.5 Å². The first-order valence-electron chi connectivity index (χ1n) is 6.70. The van der Waals surface area contributed by atoms with E-state index in [4.69, 9.17) is 0 Å². The molecule has 1 N–H and O–H groups in total. The van der Waals surface area contributed by atoms with E-state index in [1.165, 1.54) is 29.8 Å². The minimum Gasteiger partial charge on any atom is -0.311 e. The minimum absolute atomic E-state index is 0.290.